The van der Waals surface area contributed by atoms with E-state index < -0.39 is 0 Å². The molecular weight excluding hydrogens is 170 g/mol. The van der Waals surface area contributed by atoms with Crippen LogP contribution in [0.3, 0.4) is 0 Å². The number of aliphatic imine (C=N–C) groups is 1. The summed E-state index contributed by atoms with van der Waals surface area (Å²) in [4.78, 5) is 4.61. The minimum atomic E-state index is 0.320. The third kappa shape index (κ3) is 3.91. The van der Waals surface area contributed by atoms with Crippen molar-refractivity contribution in [3.63, 3.8) is 0 Å². The summed E-state index contributed by atoms with van der Waals surface area (Å²) in [5.74, 6) is 0. The van der Waals surface area contributed by atoms with E-state index in [1.54, 1.807) is 0 Å². The van der Waals surface area contributed by atoms with Gasteiger partial charge in [0.25, 0.3) is 0 Å². The van der Waals surface area contributed by atoms with Crippen LogP contribution in [0.25, 0.3) is 0 Å². The SMILES string of the molecule is CC1=CC(CC(C)(C)C)=NC(C)=CC1. The van der Waals surface area contributed by atoms with Gasteiger partial charge in [-0.25, -0.2) is 0 Å². The first-order valence-corrected chi connectivity index (χ1v) is 5.28. The summed E-state index contributed by atoms with van der Waals surface area (Å²) in [6.07, 6.45) is 6.53. The van der Waals surface area contributed by atoms with Crippen LogP contribution < -0.4 is 0 Å². The normalized spacial score (nSPS) is 18.2. The quantitative estimate of drug-likeness (QED) is 0.591. The van der Waals surface area contributed by atoms with Crippen molar-refractivity contribution in [3.8, 4) is 0 Å². The van der Waals surface area contributed by atoms with Crippen molar-refractivity contribution in [1.29, 1.82) is 0 Å². The third-order valence-electron chi connectivity index (χ3n) is 2.16. The van der Waals surface area contributed by atoms with E-state index in [1.807, 2.05) is 0 Å². The standard InChI is InChI=1S/C13H21N/c1-10-6-7-11(2)14-12(8-10)9-13(3,4)5/h7-8H,6,9H2,1-5H3. The lowest BCUT2D eigenvalue weighted by molar-refractivity contribution is 0.434. The molecule has 0 aromatic rings. The van der Waals surface area contributed by atoms with Crippen LogP contribution in [0.15, 0.2) is 28.4 Å². The molecule has 0 atom stereocenters. The van der Waals surface area contributed by atoms with Crippen LogP contribution in [-0.4, -0.2) is 5.71 Å². The van der Waals surface area contributed by atoms with E-state index in [1.165, 1.54) is 11.3 Å². The van der Waals surface area contributed by atoms with Crippen molar-refractivity contribution in [3.05, 3.63) is 23.4 Å². The first kappa shape index (κ1) is 11.2. The molecule has 0 saturated heterocycles. The molecule has 0 radical (unpaired) electrons. The van der Waals surface area contributed by atoms with Crippen molar-refractivity contribution in [2.45, 2.75) is 47.5 Å². The van der Waals surface area contributed by atoms with Gasteiger partial charge in [0.05, 0.1) is 0 Å². The molecule has 0 saturated carbocycles. The van der Waals surface area contributed by atoms with E-state index in [4.69, 9.17) is 0 Å². The molecule has 0 amide bonds. The summed E-state index contributed by atoms with van der Waals surface area (Å²) < 4.78 is 0. The first-order valence-electron chi connectivity index (χ1n) is 5.28. The smallest absolute Gasteiger partial charge is 0.0411 e. The molecular formula is C13H21N. The van der Waals surface area contributed by atoms with Gasteiger partial charge in [-0.1, -0.05) is 32.4 Å². The monoisotopic (exact) mass is 191 g/mol. The van der Waals surface area contributed by atoms with E-state index in [0.717, 1.165) is 18.5 Å². The van der Waals surface area contributed by atoms with Gasteiger partial charge in [-0.3, -0.25) is 4.99 Å². The molecule has 1 nitrogen and oxygen atoms in total. The predicted molar refractivity (Wildman–Crippen MR) is 63.6 cm³/mol. The topological polar surface area (TPSA) is 12.4 Å². The molecule has 78 valence electrons. The molecule has 1 rings (SSSR count). The van der Waals surface area contributed by atoms with Crippen molar-refractivity contribution >= 4 is 5.71 Å². The number of hydrogen-bond donors (Lipinski definition) is 0. The first-order chi connectivity index (χ1) is 6.37. The Morgan fingerprint density at radius 3 is 2.50 bits per heavy atom. The fourth-order valence-electron chi connectivity index (χ4n) is 1.59. The third-order valence-corrected chi connectivity index (χ3v) is 2.16. The zero-order chi connectivity index (χ0) is 10.8. The molecule has 0 bridgehead atoms. The predicted octanol–water partition coefficient (Wildman–Crippen LogP) is 4.12. The van der Waals surface area contributed by atoms with E-state index >= 15 is 0 Å². The van der Waals surface area contributed by atoms with Gasteiger partial charge >= 0.3 is 0 Å². The molecule has 1 aliphatic rings. The fourth-order valence-corrected chi connectivity index (χ4v) is 1.59. The maximum absolute atomic E-state index is 4.61. The minimum Gasteiger partial charge on any atom is -0.258 e. The highest BCUT2D eigenvalue weighted by atomic mass is 14.7. The molecule has 0 unspecified atom stereocenters. The Bertz CT molecular complexity index is 298. The molecule has 0 fully saturated rings. The van der Waals surface area contributed by atoms with Gasteiger partial charge in [-0.15, -0.1) is 0 Å². The molecule has 0 aromatic carbocycles. The lowest BCUT2D eigenvalue weighted by atomic mass is 9.89. The second kappa shape index (κ2) is 4.12. The molecule has 0 N–H and O–H groups in total. The minimum absolute atomic E-state index is 0.320. The van der Waals surface area contributed by atoms with E-state index in [9.17, 15) is 0 Å². The zero-order valence-corrected chi connectivity index (χ0v) is 10.0. The van der Waals surface area contributed by atoms with Crippen LogP contribution in [-0.2, 0) is 0 Å². The van der Waals surface area contributed by atoms with Crippen LogP contribution in [0.4, 0.5) is 0 Å². The summed E-state index contributed by atoms with van der Waals surface area (Å²) in [7, 11) is 0. The maximum atomic E-state index is 4.61. The van der Waals surface area contributed by atoms with Crippen LogP contribution in [0.5, 0.6) is 0 Å². The van der Waals surface area contributed by atoms with Crippen LogP contribution in [0, 0.1) is 5.41 Å². The second-order valence-corrected chi connectivity index (χ2v) is 5.38. The van der Waals surface area contributed by atoms with Gasteiger partial charge < -0.3 is 0 Å². The maximum Gasteiger partial charge on any atom is 0.0411 e. The van der Waals surface area contributed by atoms with Crippen molar-refractivity contribution in [2.75, 3.05) is 0 Å². The Balaban J connectivity index is 2.85. The average molecular weight is 191 g/mol. The van der Waals surface area contributed by atoms with Crippen molar-refractivity contribution in [1.82, 2.24) is 0 Å². The largest absolute Gasteiger partial charge is 0.258 e. The van der Waals surface area contributed by atoms with Crippen molar-refractivity contribution in [2.24, 2.45) is 10.4 Å². The highest BCUT2D eigenvalue weighted by Crippen LogP contribution is 2.22. The second-order valence-electron chi connectivity index (χ2n) is 5.38. The summed E-state index contributed by atoms with van der Waals surface area (Å²) in [5, 5.41) is 0. The highest BCUT2D eigenvalue weighted by Gasteiger charge is 2.14. The van der Waals surface area contributed by atoms with Crippen LogP contribution >= 0.6 is 0 Å². The molecule has 1 heteroatoms. The number of rotatable bonds is 1. The van der Waals surface area contributed by atoms with Gasteiger partial charge in [0, 0.05) is 11.4 Å². The Morgan fingerprint density at radius 2 is 1.93 bits per heavy atom. The van der Waals surface area contributed by atoms with E-state index in [-0.39, 0.29) is 0 Å². The van der Waals surface area contributed by atoms with E-state index in [2.05, 4.69) is 51.8 Å². The van der Waals surface area contributed by atoms with Gasteiger partial charge in [0.2, 0.25) is 0 Å². The number of allylic oxidation sites excluding steroid dienone is 4. The summed E-state index contributed by atoms with van der Waals surface area (Å²) >= 11 is 0. The Kier molecular flexibility index (Phi) is 3.30. The average Bonchev–Trinajstić information content (AvgIpc) is 2.09. The van der Waals surface area contributed by atoms with Gasteiger partial charge in [0.15, 0.2) is 0 Å². The van der Waals surface area contributed by atoms with Crippen LogP contribution in [0.2, 0.25) is 0 Å². The lowest BCUT2D eigenvalue weighted by Crippen LogP contribution is -2.11. The molecule has 14 heavy (non-hydrogen) atoms. The number of nitrogens with zero attached hydrogens (tertiary/aromatic N) is 1. The molecule has 0 aliphatic carbocycles. The van der Waals surface area contributed by atoms with Gasteiger partial charge in [-0.2, -0.15) is 0 Å². The van der Waals surface area contributed by atoms with Gasteiger partial charge in [0.1, 0.15) is 0 Å². The molecule has 1 heterocycles. The number of hydrogen-bond acceptors (Lipinski definition) is 1. The fraction of sp³-hybridized carbons (Fsp3) is 0.615. The highest BCUT2D eigenvalue weighted by molar-refractivity contribution is 5.96. The van der Waals surface area contributed by atoms with Crippen molar-refractivity contribution < 1.29 is 0 Å². The van der Waals surface area contributed by atoms with E-state index in [0.29, 0.717) is 5.41 Å². The zero-order valence-electron chi connectivity index (χ0n) is 10.0. The Hall–Kier alpha value is -0.850. The molecule has 1 aliphatic heterocycles. The summed E-state index contributed by atoms with van der Waals surface area (Å²) in [6, 6.07) is 0. The molecule has 0 aromatic heterocycles. The Labute approximate surface area is 87.6 Å². The molecule has 0 spiro atoms. The van der Waals surface area contributed by atoms with Crippen LogP contribution in [0.1, 0.15) is 47.5 Å². The summed E-state index contributed by atoms with van der Waals surface area (Å²) in [6.45, 7) is 11.0. The lowest BCUT2D eigenvalue weighted by Gasteiger charge is -2.17. The Morgan fingerprint density at radius 1 is 1.29 bits per heavy atom. The summed E-state index contributed by atoms with van der Waals surface area (Å²) in [5.41, 5.74) is 4.10. The van der Waals surface area contributed by atoms with Gasteiger partial charge in [-0.05, 0) is 38.2 Å².